The molecule has 0 radical (unpaired) electrons. The van der Waals surface area contributed by atoms with Crippen LogP contribution in [-0.4, -0.2) is 52.0 Å². The van der Waals surface area contributed by atoms with Gasteiger partial charge in [-0.15, -0.1) is 0 Å². The van der Waals surface area contributed by atoms with Gasteiger partial charge in [-0.3, -0.25) is 4.79 Å². The lowest BCUT2D eigenvalue weighted by Crippen LogP contribution is -2.65. The number of phenols is 3. The van der Waals surface area contributed by atoms with Gasteiger partial charge in [-0.25, -0.2) is 0 Å². The molecule has 6 rings (SSSR count). The Balaban J connectivity index is 1.47. The van der Waals surface area contributed by atoms with Gasteiger partial charge in [-0.2, -0.15) is 0 Å². The first kappa shape index (κ1) is 30.1. The molecule has 7 nitrogen and oxygen atoms in total. The summed E-state index contributed by atoms with van der Waals surface area (Å²) >= 11 is 0. The maximum absolute atomic E-state index is 13.9. The molecule has 1 aliphatic heterocycles. The van der Waals surface area contributed by atoms with Crippen LogP contribution in [0.1, 0.15) is 61.1 Å². The number of carbonyl (C=O) groups excluding carboxylic acids is 1. The highest BCUT2D eigenvalue weighted by atomic mass is 16.5. The van der Waals surface area contributed by atoms with Crippen LogP contribution in [0.4, 0.5) is 0 Å². The second kappa shape index (κ2) is 12.6. The van der Waals surface area contributed by atoms with Crippen molar-refractivity contribution in [3.8, 4) is 34.8 Å². The van der Waals surface area contributed by atoms with E-state index in [2.05, 4.69) is 29.3 Å². The summed E-state index contributed by atoms with van der Waals surface area (Å²) in [6.45, 7) is 0.592. The van der Waals surface area contributed by atoms with Crippen LogP contribution < -0.4 is 10.1 Å². The highest BCUT2D eigenvalue weighted by Gasteiger charge is 2.56. The number of fused-ring (bicyclic) bond motifs is 3. The predicted molar refractivity (Wildman–Crippen MR) is 168 cm³/mol. The predicted octanol–water partition coefficient (Wildman–Crippen LogP) is 5.20. The Morgan fingerprint density at radius 3 is 2.50 bits per heavy atom. The monoisotopic (exact) mass is 595 g/mol. The van der Waals surface area contributed by atoms with E-state index in [9.17, 15) is 25.2 Å². The molecule has 44 heavy (non-hydrogen) atoms. The Labute approximate surface area is 258 Å². The van der Waals surface area contributed by atoms with Gasteiger partial charge in [0.15, 0.2) is 23.0 Å². The third-order valence-electron chi connectivity index (χ3n) is 10.2. The van der Waals surface area contributed by atoms with Gasteiger partial charge >= 0.3 is 0 Å². The molecule has 1 saturated heterocycles. The molecule has 7 atom stereocenters. The molecule has 0 aromatic heterocycles. The minimum absolute atomic E-state index is 0.00512. The number of nitrogens with one attached hydrogen (secondary N) is 1. The fourth-order valence-electron chi connectivity index (χ4n) is 8.22. The lowest BCUT2D eigenvalue weighted by Gasteiger charge is -2.56. The van der Waals surface area contributed by atoms with E-state index in [0.29, 0.717) is 18.7 Å². The highest BCUT2D eigenvalue weighted by molar-refractivity contribution is 5.80. The van der Waals surface area contributed by atoms with Crippen molar-refractivity contribution < 1.29 is 30.0 Å². The number of hydrogen-bond donors (Lipinski definition) is 5. The molecule has 0 amide bonds. The van der Waals surface area contributed by atoms with Crippen molar-refractivity contribution in [1.29, 1.82) is 0 Å². The molecule has 5 N–H and O–H groups in total. The number of rotatable bonds is 5. The molecule has 230 valence electrons. The Morgan fingerprint density at radius 1 is 0.932 bits per heavy atom. The molecule has 2 aliphatic carbocycles. The average molecular weight is 596 g/mol. The number of hydrogen-bond acceptors (Lipinski definition) is 7. The summed E-state index contributed by atoms with van der Waals surface area (Å²) in [5.74, 6) is 6.17. The van der Waals surface area contributed by atoms with Crippen molar-refractivity contribution in [2.24, 2.45) is 17.8 Å². The van der Waals surface area contributed by atoms with Gasteiger partial charge in [0.25, 0.3) is 0 Å². The Kier molecular flexibility index (Phi) is 8.57. The summed E-state index contributed by atoms with van der Waals surface area (Å²) in [4.78, 5) is 13.9. The second-order valence-corrected chi connectivity index (χ2v) is 12.7. The number of aliphatic hydroxyl groups is 1. The number of ether oxygens (including phenoxy) is 1. The topological polar surface area (TPSA) is 119 Å². The first-order valence-corrected chi connectivity index (χ1v) is 15.7. The molecule has 1 heterocycles. The standard InChI is InChI=1S/C37H41NO6/c1-44-34-18-25(12-14-31(34)41)29-20-28(39)21-33(43)36-26(11-10-24(29)17-23-7-3-2-4-8-23)22-38-35-9-5-6-16-37(35,36)27-13-15-30(40)32(42)19-27/h2-4,7-8,12-15,18-19,24,26,29,33,35-36,38,40-43H,5-6,9,16-17,20-22H2,1H3. The molecule has 3 aromatic rings. The van der Waals surface area contributed by atoms with Crippen molar-refractivity contribution >= 4 is 5.78 Å². The zero-order valence-electron chi connectivity index (χ0n) is 25.1. The number of methoxy groups -OCH3 is 1. The summed E-state index contributed by atoms with van der Waals surface area (Å²) in [5.41, 5.74) is 2.28. The van der Waals surface area contributed by atoms with Gasteiger partial charge < -0.3 is 30.5 Å². The third kappa shape index (κ3) is 5.65. The van der Waals surface area contributed by atoms with Gasteiger partial charge in [-0.05, 0) is 60.2 Å². The number of piperidine rings is 1. The van der Waals surface area contributed by atoms with Crippen LogP contribution in [0.25, 0.3) is 0 Å². The number of ketones is 1. The maximum Gasteiger partial charge on any atom is 0.160 e. The highest BCUT2D eigenvalue weighted by Crippen LogP contribution is 2.53. The summed E-state index contributed by atoms with van der Waals surface area (Å²) in [5, 5.41) is 46.7. The number of carbonyl (C=O) groups is 1. The van der Waals surface area contributed by atoms with Gasteiger partial charge in [0, 0.05) is 54.5 Å². The molecule has 0 bridgehead atoms. The largest absolute Gasteiger partial charge is 0.504 e. The normalized spacial score (nSPS) is 30.3. The smallest absolute Gasteiger partial charge is 0.160 e. The first-order chi connectivity index (χ1) is 21.3. The summed E-state index contributed by atoms with van der Waals surface area (Å²) in [6, 6.07) is 20.4. The van der Waals surface area contributed by atoms with Crippen molar-refractivity contribution in [2.45, 2.75) is 68.4 Å². The van der Waals surface area contributed by atoms with Crippen molar-refractivity contribution in [3.05, 3.63) is 83.4 Å². The maximum atomic E-state index is 13.9. The van der Waals surface area contributed by atoms with Crippen molar-refractivity contribution in [2.75, 3.05) is 13.7 Å². The quantitative estimate of drug-likeness (QED) is 0.203. The molecule has 1 saturated carbocycles. The molecule has 2 fully saturated rings. The minimum atomic E-state index is -0.930. The fourth-order valence-corrected chi connectivity index (χ4v) is 8.22. The Bertz CT molecular complexity index is 1560. The first-order valence-electron chi connectivity index (χ1n) is 15.7. The van der Waals surface area contributed by atoms with Gasteiger partial charge in [0.1, 0.15) is 5.78 Å². The lowest BCUT2D eigenvalue weighted by molar-refractivity contribution is -0.124. The summed E-state index contributed by atoms with van der Waals surface area (Å²) < 4.78 is 5.41. The Morgan fingerprint density at radius 2 is 1.73 bits per heavy atom. The summed E-state index contributed by atoms with van der Waals surface area (Å²) in [7, 11) is 1.51. The number of aliphatic hydroxyl groups excluding tert-OH is 1. The number of Topliss-reactive ketones (excluding diaryl/α,β-unsaturated/α-hetero) is 1. The SMILES string of the molecule is COc1cc(C2CC(=O)CC(O)C3C(C#CC2Cc2ccccc2)CNC2CCCCC23c2ccc(O)c(O)c2)ccc1O. The molecular formula is C37H41NO6. The fraction of sp³-hybridized carbons (Fsp3) is 0.432. The van der Waals surface area contributed by atoms with Crippen LogP contribution in [0.2, 0.25) is 0 Å². The van der Waals surface area contributed by atoms with E-state index in [-0.39, 0.29) is 65.6 Å². The number of benzene rings is 3. The Hall–Kier alpha value is -3.99. The van der Waals surface area contributed by atoms with Gasteiger partial charge in [0.2, 0.25) is 0 Å². The van der Waals surface area contributed by atoms with E-state index in [1.165, 1.54) is 13.2 Å². The van der Waals surface area contributed by atoms with E-state index in [4.69, 9.17) is 4.74 Å². The van der Waals surface area contributed by atoms with Crippen LogP contribution in [0, 0.1) is 29.6 Å². The van der Waals surface area contributed by atoms with Crippen LogP contribution in [0.5, 0.6) is 23.0 Å². The third-order valence-corrected chi connectivity index (χ3v) is 10.2. The lowest BCUT2D eigenvalue weighted by atomic mass is 9.52. The second-order valence-electron chi connectivity index (χ2n) is 12.7. The van der Waals surface area contributed by atoms with Crippen LogP contribution in [0.15, 0.2) is 66.7 Å². The number of phenolic OH excluding ortho intramolecular Hbond substituents is 3. The average Bonchev–Trinajstić information content (AvgIpc) is 3.03. The molecule has 0 spiro atoms. The molecule has 7 heteroatoms. The summed E-state index contributed by atoms with van der Waals surface area (Å²) in [6.07, 6.45) is 3.63. The van der Waals surface area contributed by atoms with Crippen molar-refractivity contribution in [3.63, 3.8) is 0 Å². The van der Waals surface area contributed by atoms with Crippen molar-refractivity contribution in [1.82, 2.24) is 5.32 Å². The van der Waals surface area contributed by atoms with E-state index >= 15 is 0 Å². The van der Waals surface area contributed by atoms with Gasteiger partial charge in [0.05, 0.1) is 13.2 Å². The van der Waals surface area contributed by atoms with Crippen LogP contribution in [0.3, 0.4) is 0 Å². The van der Waals surface area contributed by atoms with Crippen LogP contribution >= 0.6 is 0 Å². The molecule has 7 unspecified atom stereocenters. The zero-order valence-corrected chi connectivity index (χ0v) is 25.1. The molecule has 3 aliphatic rings. The molecular weight excluding hydrogens is 554 g/mol. The molecule has 3 aromatic carbocycles. The van der Waals surface area contributed by atoms with E-state index in [1.54, 1.807) is 18.2 Å². The van der Waals surface area contributed by atoms with E-state index in [0.717, 1.165) is 42.4 Å². The van der Waals surface area contributed by atoms with E-state index < -0.39 is 11.5 Å². The minimum Gasteiger partial charge on any atom is -0.504 e. The van der Waals surface area contributed by atoms with Gasteiger partial charge in [-0.1, -0.05) is 67.1 Å². The van der Waals surface area contributed by atoms with Crippen LogP contribution in [-0.2, 0) is 16.6 Å². The van der Waals surface area contributed by atoms with E-state index in [1.807, 2.05) is 30.3 Å². The number of aromatic hydroxyl groups is 3. The zero-order chi connectivity index (χ0) is 30.8.